The Labute approximate surface area is 89.8 Å². The van der Waals surface area contributed by atoms with Crippen molar-refractivity contribution in [3.05, 3.63) is 0 Å². The van der Waals surface area contributed by atoms with Crippen molar-refractivity contribution in [3.8, 4) is 0 Å². The molecule has 0 spiro atoms. The van der Waals surface area contributed by atoms with Crippen LogP contribution in [0.25, 0.3) is 0 Å². The van der Waals surface area contributed by atoms with Gasteiger partial charge in [-0.15, -0.1) is 0 Å². The molecular formula is C10H18N2O3. The molecule has 1 fully saturated rings. The van der Waals surface area contributed by atoms with Crippen LogP contribution in [0.15, 0.2) is 0 Å². The van der Waals surface area contributed by atoms with Gasteiger partial charge in [0.05, 0.1) is 6.04 Å². The van der Waals surface area contributed by atoms with Crippen molar-refractivity contribution in [1.29, 1.82) is 0 Å². The van der Waals surface area contributed by atoms with Gasteiger partial charge in [0.1, 0.15) is 5.60 Å². The molecule has 0 saturated carbocycles. The van der Waals surface area contributed by atoms with Crippen molar-refractivity contribution in [2.24, 2.45) is 0 Å². The molecule has 0 radical (unpaired) electrons. The number of imide groups is 1. The van der Waals surface area contributed by atoms with Crippen LogP contribution in [0.2, 0.25) is 0 Å². The van der Waals surface area contributed by atoms with Crippen LogP contribution < -0.4 is 5.32 Å². The van der Waals surface area contributed by atoms with E-state index in [0.717, 1.165) is 4.90 Å². The number of rotatable bonds is 0. The molecule has 0 unspecified atom stereocenters. The van der Waals surface area contributed by atoms with Gasteiger partial charge >= 0.3 is 6.09 Å². The predicted octanol–water partition coefficient (Wildman–Crippen LogP) is 0.742. The molecule has 1 heterocycles. The van der Waals surface area contributed by atoms with E-state index in [4.69, 9.17) is 4.74 Å². The van der Waals surface area contributed by atoms with Crippen molar-refractivity contribution in [2.75, 3.05) is 13.1 Å². The van der Waals surface area contributed by atoms with Gasteiger partial charge in [0.2, 0.25) is 5.91 Å². The predicted molar refractivity (Wildman–Crippen MR) is 55.4 cm³/mol. The Morgan fingerprint density at radius 1 is 1.53 bits per heavy atom. The first kappa shape index (κ1) is 12.0. The van der Waals surface area contributed by atoms with Crippen LogP contribution in [0, 0.1) is 0 Å². The zero-order valence-corrected chi connectivity index (χ0v) is 9.66. The van der Waals surface area contributed by atoms with Gasteiger partial charge in [-0.1, -0.05) is 0 Å². The van der Waals surface area contributed by atoms with Crippen LogP contribution in [0.3, 0.4) is 0 Å². The number of nitrogens with one attached hydrogen (secondary N) is 1. The fourth-order valence-corrected chi connectivity index (χ4v) is 1.32. The quantitative estimate of drug-likeness (QED) is 0.646. The molecule has 0 aromatic heterocycles. The molecule has 0 aliphatic carbocycles. The van der Waals surface area contributed by atoms with Crippen LogP contribution >= 0.6 is 0 Å². The van der Waals surface area contributed by atoms with E-state index in [0.29, 0.717) is 13.1 Å². The second-order valence-electron chi connectivity index (χ2n) is 4.65. The summed E-state index contributed by atoms with van der Waals surface area (Å²) in [5.74, 6) is -0.226. The average molecular weight is 214 g/mol. The van der Waals surface area contributed by atoms with E-state index < -0.39 is 11.7 Å². The van der Waals surface area contributed by atoms with Crippen molar-refractivity contribution in [3.63, 3.8) is 0 Å². The summed E-state index contributed by atoms with van der Waals surface area (Å²) in [5.41, 5.74) is -0.564. The number of amides is 2. The molecule has 15 heavy (non-hydrogen) atoms. The summed E-state index contributed by atoms with van der Waals surface area (Å²) in [5, 5.41) is 2.98. The van der Waals surface area contributed by atoms with E-state index in [-0.39, 0.29) is 11.9 Å². The van der Waals surface area contributed by atoms with Gasteiger partial charge < -0.3 is 10.1 Å². The summed E-state index contributed by atoms with van der Waals surface area (Å²) in [6.45, 7) is 8.06. The van der Waals surface area contributed by atoms with Crippen molar-refractivity contribution in [1.82, 2.24) is 10.2 Å². The molecule has 0 bridgehead atoms. The molecule has 1 saturated heterocycles. The molecular weight excluding hydrogens is 196 g/mol. The molecule has 1 aliphatic heterocycles. The zero-order chi connectivity index (χ0) is 11.6. The van der Waals surface area contributed by atoms with Gasteiger partial charge in [-0.25, -0.2) is 9.69 Å². The molecule has 1 atom stereocenters. The van der Waals surface area contributed by atoms with Crippen molar-refractivity contribution < 1.29 is 14.3 Å². The summed E-state index contributed by atoms with van der Waals surface area (Å²) in [6, 6.07) is -0.314. The lowest BCUT2D eigenvalue weighted by Crippen LogP contribution is -2.56. The fraction of sp³-hybridized carbons (Fsp3) is 0.800. The summed E-state index contributed by atoms with van der Waals surface area (Å²) in [4.78, 5) is 24.4. The van der Waals surface area contributed by atoms with Crippen molar-refractivity contribution in [2.45, 2.75) is 39.3 Å². The first-order chi connectivity index (χ1) is 6.81. The summed E-state index contributed by atoms with van der Waals surface area (Å²) in [6.07, 6.45) is -0.555. The van der Waals surface area contributed by atoms with E-state index in [9.17, 15) is 9.59 Å². The Hall–Kier alpha value is -1.10. The highest BCUT2D eigenvalue weighted by Gasteiger charge is 2.32. The third-order valence-corrected chi connectivity index (χ3v) is 2.04. The van der Waals surface area contributed by atoms with E-state index >= 15 is 0 Å². The van der Waals surface area contributed by atoms with Gasteiger partial charge in [0.15, 0.2) is 0 Å². The lowest BCUT2D eigenvalue weighted by Gasteiger charge is -2.31. The maximum Gasteiger partial charge on any atom is 0.417 e. The Morgan fingerprint density at radius 3 is 2.67 bits per heavy atom. The standard InChI is InChI=1S/C10H18N2O3/c1-7-8(13)12(6-5-11-7)9(14)15-10(2,3)4/h7,11H,5-6H2,1-4H3/t7-/m0/s1. The molecule has 5 nitrogen and oxygen atoms in total. The molecule has 1 N–H and O–H groups in total. The van der Waals surface area contributed by atoms with E-state index in [1.54, 1.807) is 27.7 Å². The van der Waals surface area contributed by atoms with Gasteiger partial charge in [0, 0.05) is 13.1 Å². The van der Waals surface area contributed by atoms with E-state index in [1.807, 2.05) is 0 Å². The largest absolute Gasteiger partial charge is 0.443 e. The topological polar surface area (TPSA) is 58.6 Å². The minimum absolute atomic E-state index is 0.226. The second-order valence-corrected chi connectivity index (χ2v) is 4.65. The van der Waals surface area contributed by atoms with Crippen LogP contribution in [0.4, 0.5) is 4.79 Å². The number of ether oxygens (including phenoxy) is 1. The first-order valence-corrected chi connectivity index (χ1v) is 5.09. The maximum absolute atomic E-state index is 11.6. The molecule has 0 aromatic rings. The average Bonchev–Trinajstić information content (AvgIpc) is 2.06. The maximum atomic E-state index is 11.6. The highest BCUT2D eigenvalue weighted by Crippen LogP contribution is 2.11. The summed E-state index contributed by atoms with van der Waals surface area (Å²) in [7, 11) is 0. The molecule has 0 aromatic carbocycles. The highest BCUT2D eigenvalue weighted by atomic mass is 16.6. The molecule has 1 rings (SSSR count). The molecule has 2 amide bonds. The Morgan fingerprint density at radius 2 is 2.13 bits per heavy atom. The zero-order valence-electron chi connectivity index (χ0n) is 9.66. The third kappa shape index (κ3) is 3.20. The van der Waals surface area contributed by atoms with E-state index in [2.05, 4.69) is 5.32 Å². The van der Waals surface area contributed by atoms with Crippen LogP contribution in [0.1, 0.15) is 27.7 Å². The minimum Gasteiger partial charge on any atom is -0.443 e. The number of hydrogen-bond acceptors (Lipinski definition) is 4. The van der Waals surface area contributed by atoms with Crippen molar-refractivity contribution >= 4 is 12.0 Å². The first-order valence-electron chi connectivity index (χ1n) is 5.09. The highest BCUT2D eigenvalue weighted by molar-refractivity contribution is 5.95. The molecule has 5 heteroatoms. The number of carbonyl (C=O) groups excluding carboxylic acids is 2. The summed E-state index contributed by atoms with van der Waals surface area (Å²) >= 11 is 0. The second kappa shape index (κ2) is 4.18. The molecule has 86 valence electrons. The number of carbonyl (C=O) groups is 2. The lowest BCUT2D eigenvalue weighted by molar-refractivity contribution is -0.134. The monoisotopic (exact) mass is 214 g/mol. The van der Waals surface area contributed by atoms with E-state index in [1.165, 1.54) is 0 Å². The SMILES string of the molecule is C[C@@H]1NCCN(C(=O)OC(C)(C)C)C1=O. The lowest BCUT2D eigenvalue weighted by atomic mass is 10.2. The Kier molecular flexibility index (Phi) is 3.34. The van der Waals surface area contributed by atoms with Gasteiger partial charge in [-0.2, -0.15) is 0 Å². The van der Waals surface area contributed by atoms with Gasteiger partial charge in [-0.05, 0) is 27.7 Å². The minimum atomic E-state index is -0.564. The fourth-order valence-electron chi connectivity index (χ4n) is 1.32. The molecule has 1 aliphatic rings. The summed E-state index contributed by atoms with van der Waals surface area (Å²) < 4.78 is 5.13. The van der Waals surface area contributed by atoms with Crippen LogP contribution in [-0.4, -0.2) is 41.6 Å². The van der Waals surface area contributed by atoms with Crippen LogP contribution in [0.5, 0.6) is 0 Å². The van der Waals surface area contributed by atoms with Gasteiger partial charge in [0.25, 0.3) is 0 Å². The van der Waals surface area contributed by atoms with Crippen LogP contribution in [-0.2, 0) is 9.53 Å². The Balaban J connectivity index is 2.63. The van der Waals surface area contributed by atoms with Gasteiger partial charge in [-0.3, -0.25) is 4.79 Å². The number of hydrogen-bond donors (Lipinski definition) is 1. The normalized spacial score (nSPS) is 22.8. The number of piperazine rings is 1. The smallest absolute Gasteiger partial charge is 0.417 e. The Bertz CT molecular complexity index is 270. The number of nitrogens with zero attached hydrogens (tertiary/aromatic N) is 1. The third-order valence-electron chi connectivity index (χ3n) is 2.04.